The van der Waals surface area contributed by atoms with Crippen LogP contribution < -0.4 is 9.47 Å². The fourth-order valence-corrected chi connectivity index (χ4v) is 5.31. The molecule has 0 aliphatic heterocycles. The van der Waals surface area contributed by atoms with Gasteiger partial charge >= 0.3 is 35.8 Å². The first-order valence-electron chi connectivity index (χ1n) is 19.7. The number of aryl methyl sites for hydroxylation is 1. The van der Waals surface area contributed by atoms with E-state index in [2.05, 4.69) is 35.8 Å². The standard InChI is InChI=1S/C46H56F2O14/c1-10-11-12-13-18-57-41-36(47)23-35(24-37(41)48)33-16-17-38(34(22-33)15-14-19-58-42(51)29(2)3)59-25-46(26-60-43(52)30(4)5,27-61-44(53)31(6)20-39(49)55-8)28-62-45(54)32(7)21-40(50)56-9/h16-17,22-24H,2,4,6-7,10-15,18-21,25-28H2,1,3,5,8-9H3. The molecule has 2 aromatic carbocycles. The molecule has 0 aromatic heterocycles. The minimum Gasteiger partial charge on any atom is -0.492 e. The maximum atomic E-state index is 15.3. The number of ether oxygens (including phenoxy) is 8. The average Bonchev–Trinajstić information content (AvgIpc) is 3.24. The molecule has 0 aliphatic rings. The third-order valence-electron chi connectivity index (χ3n) is 8.97. The fourth-order valence-electron chi connectivity index (χ4n) is 5.31. The average molecular weight is 871 g/mol. The lowest BCUT2D eigenvalue weighted by Gasteiger charge is -2.32. The van der Waals surface area contributed by atoms with E-state index in [-0.39, 0.29) is 59.7 Å². The first kappa shape index (κ1) is 51.8. The molecule has 2 rings (SSSR count). The van der Waals surface area contributed by atoms with Crippen molar-refractivity contribution in [3.8, 4) is 22.6 Å². The van der Waals surface area contributed by atoms with Crippen molar-refractivity contribution >= 4 is 35.8 Å². The molecule has 62 heavy (non-hydrogen) atoms. The Bertz CT molecular complexity index is 1920. The molecule has 0 saturated heterocycles. The zero-order valence-electron chi connectivity index (χ0n) is 36.1. The van der Waals surface area contributed by atoms with Gasteiger partial charge in [-0.25, -0.2) is 28.0 Å². The van der Waals surface area contributed by atoms with Gasteiger partial charge in [0.05, 0.1) is 40.3 Å². The van der Waals surface area contributed by atoms with Crippen LogP contribution in [0.2, 0.25) is 0 Å². The van der Waals surface area contributed by atoms with Gasteiger partial charge in [0.25, 0.3) is 0 Å². The number of carbonyl (C=O) groups is 6. The lowest BCUT2D eigenvalue weighted by atomic mass is 9.91. The summed E-state index contributed by atoms with van der Waals surface area (Å²) in [6, 6.07) is 6.95. The van der Waals surface area contributed by atoms with Gasteiger partial charge in [-0.15, -0.1) is 0 Å². The van der Waals surface area contributed by atoms with E-state index in [9.17, 15) is 28.8 Å². The Morgan fingerprint density at radius 3 is 1.61 bits per heavy atom. The number of rotatable bonds is 28. The molecule has 2 aromatic rings. The molecule has 14 nitrogen and oxygen atoms in total. The summed E-state index contributed by atoms with van der Waals surface area (Å²) in [7, 11) is 2.24. The van der Waals surface area contributed by atoms with Crippen molar-refractivity contribution in [2.24, 2.45) is 5.41 Å². The predicted octanol–water partition coefficient (Wildman–Crippen LogP) is 7.45. The molecule has 0 saturated carbocycles. The molecule has 0 spiro atoms. The highest BCUT2D eigenvalue weighted by molar-refractivity contribution is 5.94. The summed E-state index contributed by atoms with van der Waals surface area (Å²) < 4.78 is 73.2. The second kappa shape index (κ2) is 26.1. The van der Waals surface area contributed by atoms with Gasteiger partial charge in [0.15, 0.2) is 17.4 Å². The van der Waals surface area contributed by atoms with Crippen LogP contribution in [-0.4, -0.2) is 89.7 Å². The Hall–Kier alpha value is -6.32. The first-order chi connectivity index (χ1) is 29.4. The third kappa shape index (κ3) is 17.3. The number of benzene rings is 2. The van der Waals surface area contributed by atoms with E-state index in [1.54, 1.807) is 6.07 Å². The van der Waals surface area contributed by atoms with Gasteiger partial charge < -0.3 is 37.9 Å². The van der Waals surface area contributed by atoms with Crippen LogP contribution in [0, 0.1) is 17.0 Å². The molecule has 0 atom stereocenters. The lowest BCUT2D eigenvalue weighted by molar-refractivity contribution is -0.161. The molecule has 0 radical (unpaired) electrons. The van der Waals surface area contributed by atoms with E-state index >= 15 is 8.78 Å². The Kier molecular flexibility index (Phi) is 21.8. The van der Waals surface area contributed by atoms with Crippen molar-refractivity contribution in [3.63, 3.8) is 0 Å². The molecule has 0 bridgehead atoms. The predicted molar refractivity (Wildman–Crippen MR) is 223 cm³/mol. The zero-order chi connectivity index (χ0) is 46.4. The van der Waals surface area contributed by atoms with Crippen molar-refractivity contribution in [2.75, 3.05) is 53.9 Å². The van der Waals surface area contributed by atoms with Crippen molar-refractivity contribution < 1.29 is 75.4 Å². The molecule has 16 heteroatoms. The van der Waals surface area contributed by atoms with Gasteiger partial charge in [0.1, 0.15) is 37.6 Å². The van der Waals surface area contributed by atoms with Gasteiger partial charge in [-0.2, -0.15) is 0 Å². The molecular weight excluding hydrogens is 814 g/mol. The SMILES string of the molecule is C=C(C)C(=O)OCCCc1cc(-c2cc(F)c(OCCCCCC)c(F)c2)ccc1OCC(COC(=O)C(=C)C)(COC(=O)C(=C)CC(=O)OC)COC(=O)C(=C)CC(=O)OC. The van der Waals surface area contributed by atoms with Crippen molar-refractivity contribution in [3.05, 3.63) is 96.1 Å². The summed E-state index contributed by atoms with van der Waals surface area (Å²) >= 11 is 0. The van der Waals surface area contributed by atoms with E-state index < -0.39 is 97.9 Å². The van der Waals surface area contributed by atoms with Crippen LogP contribution in [0.4, 0.5) is 8.78 Å². The Morgan fingerprint density at radius 2 is 1.11 bits per heavy atom. The Morgan fingerprint density at radius 1 is 0.597 bits per heavy atom. The van der Waals surface area contributed by atoms with Gasteiger partial charge in [0.2, 0.25) is 0 Å². The van der Waals surface area contributed by atoms with Crippen molar-refractivity contribution in [1.82, 2.24) is 0 Å². The Labute approximate surface area is 360 Å². The number of esters is 6. The topological polar surface area (TPSA) is 176 Å². The molecule has 0 fully saturated rings. The number of hydrogen-bond donors (Lipinski definition) is 0. The number of methoxy groups -OCH3 is 2. The lowest BCUT2D eigenvalue weighted by Crippen LogP contribution is -2.44. The highest BCUT2D eigenvalue weighted by atomic mass is 19.1. The van der Waals surface area contributed by atoms with Gasteiger partial charge in [0, 0.05) is 22.3 Å². The molecule has 0 aliphatic carbocycles. The Balaban J connectivity index is 2.61. The minimum atomic E-state index is -1.70. The van der Waals surface area contributed by atoms with E-state index in [0.717, 1.165) is 45.6 Å². The van der Waals surface area contributed by atoms with Crippen molar-refractivity contribution in [1.29, 1.82) is 0 Å². The van der Waals surface area contributed by atoms with Crippen LogP contribution >= 0.6 is 0 Å². The maximum Gasteiger partial charge on any atom is 0.334 e. The van der Waals surface area contributed by atoms with E-state index in [1.807, 2.05) is 6.92 Å². The summed E-state index contributed by atoms with van der Waals surface area (Å²) in [5.74, 6) is -7.15. The van der Waals surface area contributed by atoms with Crippen LogP contribution in [0.1, 0.15) is 71.3 Å². The van der Waals surface area contributed by atoms with Crippen LogP contribution in [0.15, 0.2) is 78.9 Å². The third-order valence-corrected chi connectivity index (χ3v) is 8.97. The van der Waals surface area contributed by atoms with Crippen LogP contribution in [-0.2, 0) is 63.6 Å². The molecule has 338 valence electrons. The summed E-state index contributed by atoms with van der Waals surface area (Å²) in [4.78, 5) is 74.5. The summed E-state index contributed by atoms with van der Waals surface area (Å²) in [6.45, 7) is 17.0. The summed E-state index contributed by atoms with van der Waals surface area (Å²) in [5, 5.41) is 0. The van der Waals surface area contributed by atoms with E-state index in [1.165, 1.54) is 26.0 Å². The largest absolute Gasteiger partial charge is 0.492 e. The fraction of sp³-hybridized carbons (Fsp3) is 0.435. The quantitative estimate of drug-likeness (QED) is 0.0357. The van der Waals surface area contributed by atoms with Crippen LogP contribution in [0.5, 0.6) is 11.5 Å². The first-order valence-corrected chi connectivity index (χ1v) is 19.7. The highest BCUT2D eigenvalue weighted by Gasteiger charge is 2.38. The van der Waals surface area contributed by atoms with Gasteiger partial charge in [-0.05, 0) is 74.1 Å². The van der Waals surface area contributed by atoms with Gasteiger partial charge in [-0.1, -0.05) is 58.6 Å². The van der Waals surface area contributed by atoms with E-state index in [0.29, 0.717) is 17.5 Å². The molecular formula is C46H56F2O14. The van der Waals surface area contributed by atoms with Crippen LogP contribution in [0.25, 0.3) is 11.1 Å². The molecule has 0 N–H and O–H groups in total. The summed E-state index contributed by atoms with van der Waals surface area (Å²) in [6.07, 6.45) is 2.90. The monoisotopic (exact) mass is 870 g/mol. The van der Waals surface area contributed by atoms with E-state index in [4.69, 9.17) is 28.4 Å². The highest BCUT2D eigenvalue weighted by Crippen LogP contribution is 2.34. The number of unbranched alkanes of at least 4 members (excludes halogenated alkanes) is 3. The summed E-state index contributed by atoms with van der Waals surface area (Å²) in [5.41, 5.74) is -1.02. The minimum absolute atomic E-state index is 0.0105. The second-order valence-corrected chi connectivity index (χ2v) is 14.5. The van der Waals surface area contributed by atoms with Gasteiger partial charge in [-0.3, -0.25) is 9.59 Å². The second-order valence-electron chi connectivity index (χ2n) is 14.5. The molecule has 0 unspecified atom stereocenters. The molecule has 0 heterocycles. The number of carbonyl (C=O) groups excluding carboxylic acids is 6. The van der Waals surface area contributed by atoms with Crippen molar-refractivity contribution in [2.45, 2.75) is 72.1 Å². The molecule has 0 amide bonds. The zero-order valence-corrected chi connectivity index (χ0v) is 36.1. The normalized spacial score (nSPS) is 10.8. The maximum absolute atomic E-state index is 15.3. The number of halogens is 2. The smallest absolute Gasteiger partial charge is 0.334 e. The van der Waals surface area contributed by atoms with Crippen LogP contribution in [0.3, 0.4) is 0 Å². The number of hydrogen-bond acceptors (Lipinski definition) is 14.